The maximum Gasteiger partial charge on any atom is 0.228 e. The summed E-state index contributed by atoms with van der Waals surface area (Å²) in [7, 11) is 0. The molecule has 0 atom stereocenters. The predicted molar refractivity (Wildman–Crippen MR) is 64.3 cm³/mol. The van der Waals surface area contributed by atoms with Crippen molar-refractivity contribution in [1.82, 2.24) is 4.90 Å². The van der Waals surface area contributed by atoms with Crippen LogP contribution < -0.4 is 5.73 Å². The number of hydrogen-bond donors (Lipinski definition) is 2. The second kappa shape index (κ2) is 5.72. The van der Waals surface area contributed by atoms with E-state index in [2.05, 4.69) is 5.16 Å². The molecular formula is C11H23N3O2. The van der Waals surface area contributed by atoms with E-state index in [0.717, 1.165) is 6.42 Å². The van der Waals surface area contributed by atoms with Crippen LogP contribution in [0.5, 0.6) is 0 Å². The fourth-order valence-corrected chi connectivity index (χ4v) is 1.24. The third-order valence-electron chi connectivity index (χ3n) is 2.81. The Hall–Kier alpha value is -1.26. The second-order valence-corrected chi connectivity index (χ2v) is 4.86. The Kier molecular flexibility index (Phi) is 5.27. The topological polar surface area (TPSA) is 78.9 Å². The Morgan fingerprint density at radius 2 is 2.00 bits per heavy atom. The Morgan fingerprint density at radius 1 is 1.50 bits per heavy atom. The third kappa shape index (κ3) is 3.72. The number of nitrogens with two attached hydrogens (primary N) is 1. The van der Waals surface area contributed by atoms with E-state index in [0.29, 0.717) is 0 Å². The predicted octanol–water partition coefficient (Wildman–Crippen LogP) is 1.41. The molecule has 0 unspecified atom stereocenters. The van der Waals surface area contributed by atoms with Gasteiger partial charge in [0.05, 0.1) is 6.54 Å². The number of nitrogens with zero attached hydrogens (tertiary/aromatic N) is 2. The van der Waals surface area contributed by atoms with Gasteiger partial charge in [-0.05, 0) is 20.3 Å². The number of carbonyl (C=O) groups excluding carboxylic acids is 1. The van der Waals surface area contributed by atoms with Gasteiger partial charge in [0.25, 0.3) is 0 Å². The van der Waals surface area contributed by atoms with E-state index in [9.17, 15) is 4.79 Å². The molecule has 0 fully saturated rings. The maximum atomic E-state index is 12.2. The molecular weight excluding hydrogens is 206 g/mol. The highest BCUT2D eigenvalue weighted by Crippen LogP contribution is 2.23. The lowest BCUT2D eigenvalue weighted by molar-refractivity contribution is -0.141. The first-order valence-electron chi connectivity index (χ1n) is 5.53. The molecule has 3 N–H and O–H groups in total. The van der Waals surface area contributed by atoms with Crippen molar-refractivity contribution in [2.24, 2.45) is 16.3 Å². The smallest absolute Gasteiger partial charge is 0.228 e. The lowest BCUT2D eigenvalue weighted by Gasteiger charge is -2.33. The van der Waals surface area contributed by atoms with Gasteiger partial charge in [0, 0.05) is 11.5 Å². The summed E-state index contributed by atoms with van der Waals surface area (Å²) in [6.45, 7) is 9.76. The van der Waals surface area contributed by atoms with Crippen LogP contribution in [0.4, 0.5) is 0 Å². The molecule has 0 aromatic rings. The molecule has 0 aliphatic heterocycles. The van der Waals surface area contributed by atoms with Gasteiger partial charge in [-0.1, -0.05) is 25.9 Å². The summed E-state index contributed by atoms with van der Waals surface area (Å²) >= 11 is 0. The van der Waals surface area contributed by atoms with Crippen molar-refractivity contribution in [3.8, 4) is 0 Å². The van der Waals surface area contributed by atoms with Crippen LogP contribution in [-0.2, 0) is 4.79 Å². The minimum atomic E-state index is -0.417. The van der Waals surface area contributed by atoms with Crippen molar-refractivity contribution in [2.75, 3.05) is 6.54 Å². The number of oxime groups is 1. The molecule has 0 heterocycles. The van der Waals surface area contributed by atoms with Gasteiger partial charge in [-0.3, -0.25) is 4.79 Å². The third-order valence-corrected chi connectivity index (χ3v) is 2.81. The highest BCUT2D eigenvalue weighted by Gasteiger charge is 2.31. The molecule has 0 spiro atoms. The first-order chi connectivity index (χ1) is 7.26. The lowest BCUT2D eigenvalue weighted by atomic mass is 9.88. The largest absolute Gasteiger partial charge is 0.409 e. The second-order valence-electron chi connectivity index (χ2n) is 4.86. The molecule has 0 rings (SSSR count). The molecule has 16 heavy (non-hydrogen) atoms. The van der Waals surface area contributed by atoms with Gasteiger partial charge in [-0.2, -0.15) is 0 Å². The number of amidine groups is 1. The van der Waals surface area contributed by atoms with Crippen LogP contribution in [0.1, 0.15) is 41.0 Å². The minimum Gasteiger partial charge on any atom is -0.409 e. The number of rotatable bonds is 5. The summed E-state index contributed by atoms with van der Waals surface area (Å²) < 4.78 is 0. The van der Waals surface area contributed by atoms with Crippen molar-refractivity contribution in [3.05, 3.63) is 0 Å². The molecule has 0 radical (unpaired) electrons. The fraction of sp³-hybridized carbons (Fsp3) is 0.818. The summed E-state index contributed by atoms with van der Waals surface area (Å²) in [6, 6.07) is 0.0265. The van der Waals surface area contributed by atoms with E-state index < -0.39 is 5.41 Å². The van der Waals surface area contributed by atoms with E-state index in [1.165, 1.54) is 0 Å². The van der Waals surface area contributed by atoms with Crippen LogP contribution in [0.25, 0.3) is 0 Å². The Balaban J connectivity index is 4.87. The van der Waals surface area contributed by atoms with Crippen molar-refractivity contribution >= 4 is 11.7 Å². The molecule has 0 saturated carbocycles. The Labute approximate surface area is 97.3 Å². The first kappa shape index (κ1) is 14.7. The number of amides is 1. The summed E-state index contributed by atoms with van der Waals surface area (Å²) in [4.78, 5) is 13.8. The average molecular weight is 229 g/mol. The molecule has 0 aromatic carbocycles. The first-order valence-corrected chi connectivity index (χ1v) is 5.53. The molecule has 5 nitrogen and oxygen atoms in total. The van der Waals surface area contributed by atoms with Gasteiger partial charge >= 0.3 is 0 Å². The number of hydrogen-bond acceptors (Lipinski definition) is 3. The molecule has 0 saturated heterocycles. The molecule has 1 amide bonds. The highest BCUT2D eigenvalue weighted by atomic mass is 16.4. The van der Waals surface area contributed by atoms with Gasteiger partial charge in [0.2, 0.25) is 5.91 Å². The molecule has 0 aromatic heterocycles. The van der Waals surface area contributed by atoms with Crippen molar-refractivity contribution in [3.63, 3.8) is 0 Å². The monoisotopic (exact) mass is 229 g/mol. The van der Waals surface area contributed by atoms with Gasteiger partial charge in [-0.25, -0.2) is 0 Å². The van der Waals surface area contributed by atoms with E-state index in [1.807, 2.05) is 34.6 Å². The summed E-state index contributed by atoms with van der Waals surface area (Å²) in [5.41, 5.74) is 5.02. The lowest BCUT2D eigenvalue weighted by Crippen LogP contribution is -2.48. The molecule has 5 heteroatoms. The van der Waals surface area contributed by atoms with E-state index in [1.54, 1.807) is 4.90 Å². The SMILES string of the molecule is CCC(C)(C)C(=O)N(CC(N)=NO)C(C)C. The van der Waals surface area contributed by atoms with Crippen molar-refractivity contribution in [1.29, 1.82) is 0 Å². The summed E-state index contributed by atoms with van der Waals surface area (Å²) in [5, 5.41) is 11.4. The van der Waals surface area contributed by atoms with E-state index in [4.69, 9.17) is 10.9 Å². The van der Waals surface area contributed by atoms with Crippen molar-refractivity contribution < 1.29 is 10.0 Å². The van der Waals surface area contributed by atoms with Crippen LogP contribution >= 0.6 is 0 Å². The Morgan fingerprint density at radius 3 is 2.31 bits per heavy atom. The normalized spacial score (nSPS) is 13.0. The quantitative estimate of drug-likeness (QED) is 0.324. The molecule has 0 bridgehead atoms. The van der Waals surface area contributed by atoms with E-state index >= 15 is 0 Å². The molecule has 0 aliphatic rings. The fourth-order valence-electron chi connectivity index (χ4n) is 1.24. The zero-order chi connectivity index (χ0) is 12.9. The zero-order valence-electron chi connectivity index (χ0n) is 10.8. The Bertz CT molecular complexity index is 272. The number of carbonyl (C=O) groups is 1. The zero-order valence-corrected chi connectivity index (χ0v) is 10.8. The molecule has 0 aliphatic carbocycles. The van der Waals surface area contributed by atoms with Crippen LogP contribution in [-0.4, -0.2) is 34.4 Å². The van der Waals surface area contributed by atoms with Gasteiger partial charge in [-0.15, -0.1) is 0 Å². The standard InChI is InChI=1S/C11H23N3O2/c1-6-11(4,5)10(15)14(8(2)3)7-9(12)13-16/h8,16H,6-7H2,1-5H3,(H2,12,13). The minimum absolute atomic E-state index is 0.0246. The van der Waals surface area contributed by atoms with Gasteiger partial charge < -0.3 is 15.8 Å². The van der Waals surface area contributed by atoms with Crippen LogP contribution in [0.15, 0.2) is 5.16 Å². The van der Waals surface area contributed by atoms with E-state index in [-0.39, 0.29) is 24.3 Å². The van der Waals surface area contributed by atoms with Crippen LogP contribution in [0, 0.1) is 5.41 Å². The maximum absolute atomic E-state index is 12.2. The molecule has 94 valence electrons. The summed E-state index contributed by atoms with van der Waals surface area (Å²) in [5.74, 6) is 0.0746. The average Bonchev–Trinajstić information content (AvgIpc) is 2.23. The van der Waals surface area contributed by atoms with Gasteiger partial charge in [0.1, 0.15) is 0 Å². The van der Waals surface area contributed by atoms with Gasteiger partial charge in [0.15, 0.2) is 5.84 Å². The van der Waals surface area contributed by atoms with Crippen LogP contribution in [0.3, 0.4) is 0 Å². The summed E-state index contributed by atoms with van der Waals surface area (Å²) in [6.07, 6.45) is 0.755. The highest BCUT2D eigenvalue weighted by molar-refractivity contribution is 5.89. The van der Waals surface area contributed by atoms with Crippen LogP contribution in [0.2, 0.25) is 0 Å². The van der Waals surface area contributed by atoms with Crippen molar-refractivity contribution in [2.45, 2.75) is 47.1 Å².